The summed E-state index contributed by atoms with van der Waals surface area (Å²) in [6.07, 6.45) is 0.788. The van der Waals surface area contributed by atoms with Gasteiger partial charge in [-0.25, -0.2) is 0 Å². The highest BCUT2D eigenvalue weighted by Crippen LogP contribution is 2.32. The predicted octanol–water partition coefficient (Wildman–Crippen LogP) is 5.72. The van der Waals surface area contributed by atoms with E-state index in [1.54, 1.807) is 12.1 Å². The van der Waals surface area contributed by atoms with E-state index in [4.69, 9.17) is 0 Å². The van der Waals surface area contributed by atoms with Crippen LogP contribution in [0.3, 0.4) is 0 Å². The van der Waals surface area contributed by atoms with Gasteiger partial charge in [0, 0.05) is 11.3 Å². The lowest BCUT2D eigenvalue weighted by Gasteiger charge is -2.26. The highest BCUT2D eigenvalue weighted by atomic mass is 16.2. The van der Waals surface area contributed by atoms with Crippen LogP contribution in [0.2, 0.25) is 0 Å². The molecule has 0 saturated heterocycles. The van der Waals surface area contributed by atoms with E-state index >= 15 is 0 Å². The van der Waals surface area contributed by atoms with Gasteiger partial charge < -0.3 is 10.6 Å². The first-order valence-electron chi connectivity index (χ1n) is 10.6. The molecule has 0 heterocycles. The average molecular weight is 395 g/mol. The zero-order valence-electron chi connectivity index (χ0n) is 18.5. The molecule has 2 rings (SSSR count). The molecule has 0 fully saturated rings. The van der Waals surface area contributed by atoms with Gasteiger partial charge in [-0.15, -0.1) is 0 Å². The van der Waals surface area contributed by atoms with Gasteiger partial charge in [-0.05, 0) is 41.0 Å². The summed E-state index contributed by atoms with van der Waals surface area (Å²) in [5.41, 5.74) is 3.66. The van der Waals surface area contributed by atoms with Gasteiger partial charge in [-0.2, -0.15) is 0 Å². The van der Waals surface area contributed by atoms with Crippen LogP contribution in [0, 0.1) is 5.92 Å². The van der Waals surface area contributed by atoms with Crippen LogP contribution >= 0.6 is 0 Å². The summed E-state index contributed by atoms with van der Waals surface area (Å²) in [6, 6.07) is 14.6. The van der Waals surface area contributed by atoms with Crippen molar-refractivity contribution in [2.45, 2.75) is 65.8 Å². The van der Waals surface area contributed by atoms with Crippen molar-refractivity contribution in [2.75, 3.05) is 5.32 Å². The third-order valence-electron chi connectivity index (χ3n) is 5.44. The molecule has 4 heteroatoms. The number of carbonyl (C=O) groups is 2. The molecule has 29 heavy (non-hydrogen) atoms. The Labute approximate surface area is 175 Å². The molecule has 2 atom stereocenters. The lowest BCUT2D eigenvalue weighted by Crippen LogP contribution is -2.47. The molecule has 0 bridgehead atoms. The summed E-state index contributed by atoms with van der Waals surface area (Å²) in [7, 11) is 0. The minimum atomic E-state index is -0.604. The molecule has 156 valence electrons. The lowest BCUT2D eigenvalue weighted by atomic mass is 9.91. The molecule has 0 aliphatic carbocycles. The topological polar surface area (TPSA) is 58.2 Å². The standard InChI is InChI=1S/C25H34N2O2/c1-7-18(6)22(26-24(28)19-12-9-8-10-13-19)25(29)27-23-20(16(2)3)14-11-15-21(23)17(4)5/h8-18,22H,7H2,1-6H3,(H,26,28)(H,27,29)/t18-,22-/m0/s1. The number of para-hydroxylation sites is 1. The van der Waals surface area contributed by atoms with Crippen molar-refractivity contribution in [1.82, 2.24) is 5.32 Å². The van der Waals surface area contributed by atoms with E-state index < -0.39 is 6.04 Å². The molecular weight excluding hydrogens is 360 g/mol. The van der Waals surface area contributed by atoms with Crippen LogP contribution in [0.25, 0.3) is 0 Å². The molecule has 2 amide bonds. The fourth-order valence-corrected chi connectivity index (χ4v) is 3.41. The van der Waals surface area contributed by atoms with Gasteiger partial charge in [0.2, 0.25) is 5.91 Å². The van der Waals surface area contributed by atoms with Crippen molar-refractivity contribution < 1.29 is 9.59 Å². The van der Waals surface area contributed by atoms with Gasteiger partial charge in [0.15, 0.2) is 0 Å². The van der Waals surface area contributed by atoms with Crippen molar-refractivity contribution in [1.29, 1.82) is 0 Å². The van der Waals surface area contributed by atoms with Crippen LogP contribution in [-0.2, 0) is 4.79 Å². The molecule has 0 aliphatic rings. The summed E-state index contributed by atoms with van der Waals surface area (Å²) in [5.74, 6) is 0.178. The largest absolute Gasteiger partial charge is 0.340 e. The van der Waals surface area contributed by atoms with Crippen molar-refractivity contribution in [3.05, 3.63) is 65.2 Å². The first-order chi connectivity index (χ1) is 13.8. The lowest BCUT2D eigenvalue weighted by molar-refractivity contribution is -0.119. The molecule has 0 saturated carbocycles. The monoisotopic (exact) mass is 394 g/mol. The maximum absolute atomic E-state index is 13.3. The predicted molar refractivity (Wildman–Crippen MR) is 120 cm³/mol. The van der Waals surface area contributed by atoms with Crippen LogP contribution in [0.4, 0.5) is 5.69 Å². The molecule has 2 aromatic rings. The Morgan fingerprint density at radius 1 is 0.828 bits per heavy atom. The Morgan fingerprint density at radius 3 is 1.86 bits per heavy atom. The number of rotatable bonds is 8. The van der Waals surface area contributed by atoms with Crippen LogP contribution in [0.5, 0.6) is 0 Å². The summed E-state index contributed by atoms with van der Waals surface area (Å²) >= 11 is 0. The second kappa shape index (κ2) is 10.2. The first kappa shape index (κ1) is 22.7. The zero-order chi connectivity index (χ0) is 21.6. The number of benzene rings is 2. The Hall–Kier alpha value is -2.62. The van der Waals surface area contributed by atoms with Crippen molar-refractivity contribution in [3.8, 4) is 0 Å². The minimum absolute atomic E-state index is 0.0105. The Kier molecular flexibility index (Phi) is 8.00. The van der Waals surface area contributed by atoms with E-state index in [9.17, 15) is 9.59 Å². The van der Waals surface area contributed by atoms with Gasteiger partial charge in [-0.1, -0.05) is 84.4 Å². The average Bonchev–Trinajstić information content (AvgIpc) is 2.71. The van der Waals surface area contributed by atoms with Crippen molar-refractivity contribution in [3.63, 3.8) is 0 Å². The third-order valence-corrected chi connectivity index (χ3v) is 5.44. The molecule has 0 aliphatic heterocycles. The highest BCUT2D eigenvalue weighted by Gasteiger charge is 2.28. The van der Waals surface area contributed by atoms with E-state index in [0.29, 0.717) is 5.56 Å². The normalized spacial score (nSPS) is 13.2. The number of hydrogen-bond donors (Lipinski definition) is 2. The SMILES string of the molecule is CC[C@H](C)[C@H](NC(=O)c1ccccc1)C(=O)Nc1c(C(C)C)cccc1C(C)C. The molecule has 0 aromatic heterocycles. The summed E-state index contributed by atoms with van der Waals surface area (Å²) in [6.45, 7) is 12.5. The fourth-order valence-electron chi connectivity index (χ4n) is 3.41. The van der Waals surface area contributed by atoms with E-state index in [1.807, 2.05) is 38.1 Å². The van der Waals surface area contributed by atoms with E-state index in [0.717, 1.165) is 23.2 Å². The Morgan fingerprint density at radius 2 is 1.38 bits per heavy atom. The molecule has 2 aromatic carbocycles. The highest BCUT2D eigenvalue weighted by molar-refractivity contribution is 6.02. The first-order valence-corrected chi connectivity index (χ1v) is 10.6. The Balaban J connectivity index is 2.33. The Bertz CT molecular complexity index is 802. The molecule has 0 radical (unpaired) electrons. The third kappa shape index (κ3) is 5.69. The number of nitrogens with one attached hydrogen (secondary N) is 2. The maximum atomic E-state index is 13.3. The van der Waals surface area contributed by atoms with Gasteiger partial charge >= 0.3 is 0 Å². The number of anilines is 1. The second-order valence-electron chi connectivity index (χ2n) is 8.31. The molecule has 0 spiro atoms. The molecule has 0 unspecified atom stereocenters. The van der Waals surface area contributed by atoms with Crippen molar-refractivity contribution in [2.24, 2.45) is 5.92 Å². The van der Waals surface area contributed by atoms with Crippen LogP contribution < -0.4 is 10.6 Å². The van der Waals surface area contributed by atoms with E-state index in [-0.39, 0.29) is 29.6 Å². The quantitative estimate of drug-likeness (QED) is 0.602. The summed E-state index contributed by atoms with van der Waals surface area (Å²) in [5, 5.41) is 6.11. The zero-order valence-corrected chi connectivity index (χ0v) is 18.5. The van der Waals surface area contributed by atoms with E-state index in [1.165, 1.54) is 0 Å². The second-order valence-corrected chi connectivity index (χ2v) is 8.31. The number of hydrogen-bond acceptors (Lipinski definition) is 2. The smallest absolute Gasteiger partial charge is 0.251 e. The van der Waals surface area contributed by atoms with Gasteiger partial charge in [0.1, 0.15) is 6.04 Å². The van der Waals surface area contributed by atoms with Crippen LogP contribution in [0.1, 0.15) is 81.3 Å². The maximum Gasteiger partial charge on any atom is 0.251 e. The van der Waals surface area contributed by atoms with E-state index in [2.05, 4.69) is 50.5 Å². The van der Waals surface area contributed by atoms with Gasteiger partial charge in [-0.3, -0.25) is 9.59 Å². The molecule has 2 N–H and O–H groups in total. The summed E-state index contributed by atoms with van der Waals surface area (Å²) < 4.78 is 0. The fraction of sp³-hybridized carbons (Fsp3) is 0.440. The van der Waals surface area contributed by atoms with Crippen LogP contribution in [-0.4, -0.2) is 17.9 Å². The minimum Gasteiger partial charge on any atom is -0.340 e. The van der Waals surface area contributed by atoms with Gasteiger partial charge in [0.05, 0.1) is 0 Å². The number of carbonyl (C=O) groups excluding carboxylic acids is 2. The van der Waals surface area contributed by atoms with Crippen LogP contribution in [0.15, 0.2) is 48.5 Å². The van der Waals surface area contributed by atoms with Crippen molar-refractivity contribution >= 4 is 17.5 Å². The van der Waals surface area contributed by atoms with Gasteiger partial charge in [0.25, 0.3) is 5.91 Å². The molecular formula is C25H34N2O2. The summed E-state index contributed by atoms with van der Waals surface area (Å²) in [4.78, 5) is 26.0. The number of amides is 2. The molecule has 4 nitrogen and oxygen atoms in total.